The van der Waals surface area contributed by atoms with E-state index >= 15 is 0 Å². The smallest absolute Gasteiger partial charge is 0.203 e. The molecule has 34 heavy (non-hydrogen) atoms. The van der Waals surface area contributed by atoms with Crippen LogP contribution in [0.3, 0.4) is 0 Å². The van der Waals surface area contributed by atoms with E-state index in [4.69, 9.17) is 4.74 Å². The lowest BCUT2D eigenvalue weighted by Crippen LogP contribution is -2.02. The van der Waals surface area contributed by atoms with Crippen molar-refractivity contribution in [3.05, 3.63) is 99.9 Å². The van der Waals surface area contributed by atoms with Crippen molar-refractivity contribution in [2.24, 2.45) is 0 Å². The number of aryl methyl sites for hydroxylation is 1. The van der Waals surface area contributed by atoms with E-state index in [2.05, 4.69) is 37.3 Å². The molecular formula is C31H34O2S. The molecule has 4 rings (SSSR count). The summed E-state index contributed by atoms with van der Waals surface area (Å²) in [7, 11) is 1.68. The summed E-state index contributed by atoms with van der Waals surface area (Å²) < 4.78 is 6.52. The number of benzene rings is 3. The van der Waals surface area contributed by atoms with Gasteiger partial charge >= 0.3 is 0 Å². The number of hydrogen-bond acceptors (Lipinski definition) is 3. The van der Waals surface area contributed by atoms with Gasteiger partial charge in [-0.1, -0.05) is 93.6 Å². The van der Waals surface area contributed by atoms with Crippen LogP contribution in [0, 0.1) is 0 Å². The van der Waals surface area contributed by atoms with Crippen LogP contribution in [0.25, 0.3) is 10.1 Å². The van der Waals surface area contributed by atoms with Crippen molar-refractivity contribution in [1.29, 1.82) is 0 Å². The highest BCUT2D eigenvalue weighted by Gasteiger charge is 2.20. The Morgan fingerprint density at radius 2 is 1.53 bits per heavy atom. The molecule has 0 unspecified atom stereocenters. The molecule has 3 aromatic carbocycles. The predicted molar refractivity (Wildman–Crippen MR) is 145 cm³/mol. The first-order valence-corrected chi connectivity index (χ1v) is 13.3. The lowest BCUT2D eigenvalue weighted by Gasteiger charge is -2.07. The highest BCUT2D eigenvalue weighted by Crippen LogP contribution is 2.36. The van der Waals surface area contributed by atoms with Gasteiger partial charge in [0.1, 0.15) is 5.75 Å². The molecule has 0 aliphatic rings. The molecule has 0 saturated heterocycles. The van der Waals surface area contributed by atoms with Crippen molar-refractivity contribution in [2.75, 3.05) is 7.11 Å². The Bertz CT molecular complexity index is 1210. The number of hydrogen-bond donors (Lipinski definition) is 0. The predicted octanol–water partition coefficient (Wildman–Crippen LogP) is 8.63. The average molecular weight is 471 g/mol. The van der Waals surface area contributed by atoms with Gasteiger partial charge in [0.25, 0.3) is 0 Å². The first-order chi connectivity index (χ1) is 16.7. The minimum Gasteiger partial charge on any atom is -0.497 e. The van der Waals surface area contributed by atoms with Gasteiger partial charge in [0.15, 0.2) is 0 Å². The van der Waals surface area contributed by atoms with E-state index in [1.807, 2.05) is 42.5 Å². The number of ether oxygens (including phenoxy) is 1. The summed E-state index contributed by atoms with van der Waals surface area (Å²) in [5, 5.41) is 1.14. The lowest BCUT2D eigenvalue weighted by atomic mass is 9.97. The Morgan fingerprint density at radius 1 is 0.824 bits per heavy atom. The molecule has 0 amide bonds. The molecule has 4 aromatic rings. The summed E-state index contributed by atoms with van der Waals surface area (Å²) in [4.78, 5) is 14.3. The maximum Gasteiger partial charge on any atom is 0.203 e. The molecule has 0 aliphatic carbocycles. The molecule has 0 fully saturated rings. The monoisotopic (exact) mass is 470 g/mol. The summed E-state index contributed by atoms with van der Waals surface area (Å²) in [6, 6.07) is 24.7. The van der Waals surface area contributed by atoms with Gasteiger partial charge in [-0.3, -0.25) is 4.79 Å². The fourth-order valence-corrected chi connectivity index (χ4v) is 5.69. The third kappa shape index (κ3) is 5.95. The summed E-state index contributed by atoms with van der Waals surface area (Å²) >= 11 is 1.57. The van der Waals surface area contributed by atoms with Gasteiger partial charge < -0.3 is 4.74 Å². The van der Waals surface area contributed by atoms with Crippen LogP contribution in [0.15, 0.2) is 72.8 Å². The Hall–Kier alpha value is -2.91. The molecule has 0 bridgehead atoms. The van der Waals surface area contributed by atoms with Crippen molar-refractivity contribution in [3.63, 3.8) is 0 Å². The zero-order valence-electron chi connectivity index (χ0n) is 20.3. The molecule has 2 nitrogen and oxygen atoms in total. The minimum atomic E-state index is 0.0930. The van der Waals surface area contributed by atoms with Gasteiger partial charge in [0.2, 0.25) is 5.78 Å². The van der Waals surface area contributed by atoms with Crippen LogP contribution in [0.1, 0.15) is 77.4 Å². The first-order valence-electron chi connectivity index (χ1n) is 12.5. The number of ketones is 1. The lowest BCUT2D eigenvalue weighted by molar-refractivity contribution is 0.104. The maximum atomic E-state index is 13.4. The first kappa shape index (κ1) is 24.2. The summed E-state index contributed by atoms with van der Waals surface area (Å²) in [6.45, 7) is 2.26. The van der Waals surface area contributed by atoms with E-state index in [1.165, 1.54) is 49.7 Å². The Labute approximate surface area is 207 Å². The number of methoxy groups -OCH3 is 1. The van der Waals surface area contributed by atoms with E-state index in [0.717, 1.165) is 44.7 Å². The van der Waals surface area contributed by atoms with Crippen molar-refractivity contribution >= 4 is 27.2 Å². The number of fused-ring (bicyclic) bond motifs is 1. The van der Waals surface area contributed by atoms with Crippen molar-refractivity contribution in [2.45, 2.75) is 58.3 Å². The summed E-state index contributed by atoms with van der Waals surface area (Å²) in [5.74, 6) is 0.911. The highest BCUT2D eigenvalue weighted by molar-refractivity contribution is 7.21. The highest BCUT2D eigenvalue weighted by atomic mass is 32.1. The second-order valence-electron chi connectivity index (χ2n) is 8.98. The van der Waals surface area contributed by atoms with Gasteiger partial charge in [-0.2, -0.15) is 0 Å². The third-order valence-electron chi connectivity index (χ3n) is 6.47. The quantitative estimate of drug-likeness (QED) is 0.153. The summed E-state index contributed by atoms with van der Waals surface area (Å²) in [6.07, 6.45) is 9.83. The van der Waals surface area contributed by atoms with E-state index in [-0.39, 0.29) is 5.78 Å². The molecule has 0 saturated carbocycles. The van der Waals surface area contributed by atoms with Gasteiger partial charge in [0.05, 0.1) is 12.0 Å². The van der Waals surface area contributed by atoms with Crippen molar-refractivity contribution in [3.8, 4) is 5.75 Å². The van der Waals surface area contributed by atoms with Gasteiger partial charge in [-0.05, 0) is 59.5 Å². The van der Waals surface area contributed by atoms with Gasteiger partial charge in [0, 0.05) is 10.3 Å². The van der Waals surface area contributed by atoms with Crippen LogP contribution >= 0.6 is 11.3 Å². The molecule has 0 spiro atoms. The summed E-state index contributed by atoms with van der Waals surface area (Å²) in [5.41, 5.74) is 4.49. The number of carbonyl (C=O) groups excluding carboxylic acids is 1. The molecule has 0 atom stereocenters. The van der Waals surface area contributed by atoms with Crippen LogP contribution in [0.4, 0.5) is 0 Å². The standard InChI is InChI=1S/C31H34O2S/c1-3-4-5-6-7-9-12-23-15-17-24(18-16-23)21-28-27-20-19-26(33-2)22-29(27)34-31(28)30(32)25-13-10-8-11-14-25/h8,10-11,13-20,22H,3-7,9,12,21H2,1-2H3. The normalized spacial score (nSPS) is 11.1. The second-order valence-corrected chi connectivity index (χ2v) is 10.0. The number of thiophene rings is 1. The van der Waals surface area contributed by atoms with E-state index < -0.39 is 0 Å². The largest absolute Gasteiger partial charge is 0.497 e. The van der Waals surface area contributed by atoms with Crippen molar-refractivity contribution < 1.29 is 9.53 Å². The maximum absolute atomic E-state index is 13.4. The van der Waals surface area contributed by atoms with E-state index in [0.29, 0.717) is 0 Å². The zero-order chi connectivity index (χ0) is 23.8. The third-order valence-corrected chi connectivity index (χ3v) is 7.66. The number of unbranched alkanes of at least 4 members (excludes halogenated alkanes) is 5. The van der Waals surface area contributed by atoms with E-state index in [1.54, 1.807) is 18.4 Å². The molecule has 3 heteroatoms. The van der Waals surface area contributed by atoms with Crippen LogP contribution in [-0.4, -0.2) is 12.9 Å². The van der Waals surface area contributed by atoms with Crippen LogP contribution < -0.4 is 4.74 Å². The minimum absolute atomic E-state index is 0.0930. The van der Waals surface area contributed by atoms with Crippen molar-refractivity contribution in [1.82, 2.24) is 0 Å². The molecule has 0 radical (unpaired) electrons. The van der Waals surface area contributed by atoms with Crippen LogP contribution in [0.5, 0.6) is 5.75 Å². The SMILES string of the molecule is CCCCCCCCc1ccc(Cc2c(C(=O)c3ccccc3)sc3cc(OC)ccc23)cc1. The zero-order valence-corrected chi connectivity index (χ0v) is 21.1. The molecule has 0 N–H and O–H groups in total. The Balaban J connectivity index is 1.54. The van der Waals surface area contributed by atoms with Gasteiger partial charge in [-0.25, -0.2) is 0 Å². The molecular weight excluding hydrogens is 436 g/mol. The van der Waals surface area contributed by atoms with E-state index in [9.17, 15) is 4.79 Å². The van der Waals surface area contributed by atoms with Crippen LogP contribution in [0.2, 0.25) is 0 Å². The topological polar surface area (TPSA) is 26.3 Å². The molecule has 1 heterocycles. The van der Waals surface area contributed by atoms with Crippen LogP contribution in [-0.2, 0) is 12.8 Å². The Kier molecular flexibility index (Phi) is 8.54. The molecule has 0 aliphatic heterocycles. The number of rotatable bonds is 12. The second kappa shape index (κ2) is 12.0. The Morgan fingerprint density at radius 3 is 2.26 bits per heavy atom. The molecule has 176 valence electrons. The number of carbonyl (C=O) groups is 1. The average Bonchev–Trinajstić information content (AvgIpc) is 3.24. The van der Waals surface area contributed by atoms with Gasteiger partial charge in [-0.15, -0.1) is 11.3 Å². The fourth-order valence-electron chi connectivity index (χ4n) is 4.47. The molecule has 1 aromatic heterocycles. The fraction of sp³-hybridized carbons (Fsp3) is 0.323.